The van der Waals surface area contributed by atoms with E-state index in [-0.39, 0.29) is 0 Å². The minimum absolute atomic E-state index is 0.667. The van der Waals surface area contributed by atoms with Crippen molar-refractivity contribution in [3.63, 3.8) is 0 Å². The number of nitrogens with one attached hydrogen (secondary N) is 1. The number of benzene rings is 1. The molecule has 0 aliphatic heterocycles. The molecule has 1 aromatic rings. The monoisotopic (exact) mass is 220 g/mol. The lowest BCUT2D eigenvalue weighted by molar-refractivity contribution is 0.391. The molecule has 3 nitrogen and oxygen atoms in total. The van der Waals surface area contributed by atoms with Crippen molar-refractivity contribution in [2.45, 2.75) is 20.8 Å². The van der Waals surface area contributed by atoms with Crippen LogP contribution in [0.1, 0.15) is 18.1 Å². The fourth-order valence-corrected chi connectivity index (χ4v) is 1.50. The van der Waals surface area contributed by atoms with Crippen molar-refractivity contribution < 1.29 is 4.74 Å². The van der Waals surface area contributed by atoms with Gasteiger partial charge in [-0.2, -0.15) is 0 Å². The molecule has 0 bridgehead atoms. The number of hydrogen-bond donors (Lipinski definition) is 1. The van der Waals surface area contributed by atoms with Crippen molar-refractivity contribution in [1.29, 1.82) is 0 Å². The van der Waals surface area contributed by atoms with Crippen LogP contribution in [0.4, 0.5) is 5.69 Å². The highest BCUT2D eigenvalue weighted by molar-refractivity contribution is 5.82. The molecule has 0 heterocycles. The van der Waals surface area contributed by atoms with Crippen LogP contribution >= 0.6 is 0 Å². The van der Waals surface area contributed by atoms with E-state index in [9.17, 15) is 0 Å². The van der Waals surface area contributed by atoms with Gasteiger partial charge in [0, 0.05) is 0 Å². The quantitative estimate of drug-likeness (QED) is 0.625. The van der Waals surface area contributed by atoms with Crippen LogP contribution in [0.5, 0.6) is 0 Å². The van der Waals surface area contributed by atoms with Gasteiger partial charge in [-0.3, -0.25) is 0 Å². The van der Waals surface area contributed by atoms with E-state index in [0.717, 1.165) is 18.1 Å². The van der Waals surface area contributed by atoms with E-state index in [1.165, 1.54) is 11.1 Å². The van der Waals surface area contributed by atoms with Crippen LogP contribution < -0.4 is 5.32 Å². The van der Waals surface area contributed by atoms with Crippen LogP contribution in [0.2, 0.25) is 0 Å². The predicted molar refractivity (Wildman–Crippen MR) is 68.6 cm³/mol. The Kier molecular flexibility index (Phi) is 4.99. The van der Waals surface area contributed by atoms with Gasteiger partial charge in [-0.15, -0.1) is 0 Å². The van der Waals surface area contributed by atoms with Gasteiger partial charge in [0.25, 0.3) is 0 Å². The number of aryl methyl sites for hydroxylation is 2. The van der Waals surface area contributed by atoms with Gasteiger partial charge in [-0.25, -0.2) is 4.99 Å². The van der Waals surface area contributed by atoms with E-state index in [2.05, 4.69) is 43.2 Å². The Hall–Kier alpha value is -1.35. The summed E-state index contributed by atoms with van der Waals surface area (Å²) in [5.41, 5.74) is 3.36. The molecule has 0 atom stereocenters. The number of methoxy groups -OCH3 is 1. The standard InChI is InChI=1S/C13H20N2O/c1-5-14-9-12(16-4)15-13-10(2)7-6-8-11(13)3/h6-8,14H,5,9H2,1-4H3. The number of hydrogen-bond acceptors (Lipinski definition) is 3. The van der Waals surface area contributed by atoms with Gasteiger partial charge >= 0.3 is 0 Å². The molecule has 0 aliphatic rings. The molecule has 1 aromatic carbocycles. The Balaban J connectivity index is 2.94. The van der Waals surface area contributed by atoms with Crippen LogP contribution in [0.25, 0.3) is 0 Å². The molecule has 0 spiro atoms. The molecule has 0 radical (unpaired) electrons. The largest absolute Gasteiger partial charge is 0.483 e. The van der Waals surface area contributed by atoms with Gasteiger partial charge in [-0.05, 0) is 31.5 Å². The van der Waals surface area contributed by atoms with Crippen molar-refractivity contribution in [1.82, 2.24) is 5.32 Å². The van der Waals surface area contributed by atoms with E-state index in [0.29, 0.717) is 6.54 Å². The average molecular weight is 220 g/mol. The summed E-state index contributed by atoms with van der Waals surface area (Å²) >= 11 is 0. The van der Waals surface area contributed by atoms with Crippen molar-refractivity contribution in [2.24, 2.45) is 4.99 Å². The van der Waals surface area contributed by atoms with Gasteiger partial charge in [0.05, 0.1) is 19.3 Å². The topological polar surface area (TPSA) is 33.6 Å². The maximum absolute atomic E-state index is 5.25. The molecule has 3 heteroatoms. The fourth-order valence-electron chi connectivity index (χ4n) is 1.50. The lowest BCUT2D eigenvalue weighted by Crippen LogP contribution is -2.23. The van der Waals surface area contributed by atoms with Gasteiger partial charge in [0.15, 0.2) is 0 Å². The Bertz CT molecular complexity index is 352. The van der Waals surface area contributed by atoms with E-state index < -0.39 is 0 Å². The number of nitrogens with zero attached hydrogens (tertiary/aromatic N) is 1. The number of likely N-dealkylation sites (N-methyl/N-ethyl adjacent to an activating group) is 1. The summed E-state index contributed by atoms with van der Waals surface area (Å²) in [5, 5.41) is 3.20. The molecule has 0 aliphatic carbocycles. The third-order valence-corrected chi connectivity index (χ3v) is 2.44. The van der Waals surface area contributed by atoms with E-state index >= 15 is 0 Å². The summed E-state index contributed by atoms with van der Waals surface area (Å²) in [6, 6.07) is 6.17. The van der Waals surface area contributed by atoms with Crippen LogP contribution in [-0.2, 0) is 4.74 Å². The Morgan fingerprint density at radius 3 is 2.44 bits per heavy atom. The van der Waals surface area contributed by atoms with E-state index in [1.807, 2.05) is 6.07 Å². The second-order valence-electron chi connectivity index (χ2n) is 3.73. The summed E-state index contributed by atoms with van der Waals surface area (Å²) < 4.78 is 5.25. The molecular formula is C13H20N2O. The normalized spacial score (nSPS) is 11.6. The molecule has 0 aromatic heterocycles. The molecule has 88 valence electrons. The molecule has 0 saturated carbocycles. The second-order valence-corrected chi connectivity index (χ2v) is 3.73. The minimum Gasteiger partial charge on any atom is -0.483 e. The van der Waals surface area contributed by atoms with Gasteiger partial charge in [0.2, 0.25) is 5.90 Å². The van der Waals surface area contributed by atoms with E-state index in [1.54, 1.807) is 7.11 Å². The Labute approximate surface area is 97.5 Å². The van der Waals surface area contributed by atoms with Crippen LogP contribution in [-0.4, -0.2) is 26.1 Å². The molecule has 0 amide bonds. The van der Waals surface area contributed by atoms with Gasteiger partial charge < -0.3 is 10.1 Å². The van der Waals surface area contributed by atoms with Gasteiger partial charge in [0.1, 0.15) is 0 Å². The van der Waals surface area contributed by atoms with Gasteiger partial charge in [-0.1, -0.05) is 25.1 Å². The Morgan fingerprint density at radius 2 is 1.94 bits per heavy atom. The average Bonchev–Trinajstić information content (AvgIpc) is 2.28. The lowest BCUT2D eigenvalue weighted by atomic mass is 10.1. The highest BCUT2D eigenvalue weighted by Crippen LogP contribution is 2.23. The number of ether oxygens (including phenoxy) is 1. The number of para-hydroxylation sites is 1. The first-order valence-electron chi connectivity index (χ1n) is 5.57. The summed E-state index contributed by atoms with van der Waals surface area (Å²) in [4.78, 5) is 4.55. The molecule has 16 heavy (non-hydrogen) atoms. The summed E-state index contributed by atoms with van der Waals surface area (Å²) in [5.74, 6) is 0.722. The zero-order valence-corrected chi connectivity index (χ0v) is 10.5. The summed E-state index contributed by atoms with van der Waals surface area (Å²) in [6.07, 6.45) is 0. The molecule has 0 fully saturated rings. The van der Waals surface area contributed by atoms with Crippen LogP contribution in [0, 0.1) is 13.8 Å². The maximum Gasteiger partial charge on any atom is 0.202 e. The maximum atomic E-state index is 5.25. The first-order valence-corrected chi connectivity index (χ1v) is 5.57. The number of rotatable bonds is 4. The van der Waals surface area contributed by atoms with Crippen LogP contribution in [0.15, 0.2) is 23.2 Å². The van der Waals surface area contributed by atoms with Crippen molar-refractivity contribution in [2.75, 3.05) is 20.2 Å². The first kappa shape index (κ1) is 12.7. The zero-order chi connectivity index (χ0) is 12.0. The third kappa shape index (κ3) is 3.35. The van der Waals surface area contributed by atoms with E-state index in [4.69, 9.17) is 4.74 Å². The second kappa shape index (κ2) is 6.28. The highest BCUT2D eigenvalue weighted by atomic mass is 16.5. The third-order valence-electron chi connectivity index (χ3n) is 2.44. The lowest BCUT2D eigenvalue weighted by Gasteiger charge is -2.08. The predicted octanol–water partition coefficient (Wildman–Crippen LogP) is 2.59. The molecule has 0 saturated heterocycles. The minimum atomic E-state index is 0.667. The highest BCUT2D eigenvalue weighted by Gasteiger charge is 2.03. The fraction of sp³-hybridized carbons (Fsp3) is 0.462. The van der Waals surface area contributed by atoms with Crippen molar-refractivity contribution in [3.8, 4) is 0 Å². The first-order chi connectivity index (χ1) is 7.69. The zero-order valence-electron chi connectivity index (χ0n) is 10.5. The molecular weight excluding hydrogens is 200 g/mol. The van der Waals surface area contributed by atoms with Crippen molar-refractivity contribution >= 4 is 11.6 Å². The Morgan fingerprint density at radius 1 is 1.31 bits per heavy atom. The summed E-state index contributed by atoms with van der Waals surface area (Å²) in [7, 11) is 1.66. The molecule has 1 rings (SSSR count). The number of aliphatic imine (C=N–C) groups is 1. The summed E-state index contributed by atoms with van der Waals surface area (Å²) in [6.45, 7) is 7.76. The van der Waals surface area contributed by atoms with Crippen molar-refractivity contribution in [3.05, 3.63) is 29.3 Å². The molecule has 1 N–H and O–H groups in total. The molecule has 0 unspecified atom stereocenters. The SMILES string of the molecule is CCNCC(=Nc1c(C)cccc1C)OC. The smallest absolute Gasteiger partial charge is 0.202 e. The van der Waals surface area contributed by atoms with Crippen LogP contribution in [0.3, 0.4) is 0 Å².